The molecule has 2 rings (SSSR count). The number of alkyl halides is 4. The van der Waals surface area contributed by atoms with Gasteiger partial charge in [0.2, 0.25) is 5.91 Å². The maximum absolute atomic E-state index is 13.7. The molecule has 1 N–H and O–H groups in total. The summed E-state index contributed by atoms with van der Waals surface area (Å²) >= 11 is 20.9. The fraction of sp³-hybridized carbons (Fsp3) is 0.304. The summed E-state index contributed by atoms with van der Waals surface area (Å²) in [4.78, 5) is 24.4. The molecule has 1 amide bonds. The first-order chi connectivity index (χ1) is 15.8. The number of ketones is 1. The third-order valence-electron chi connectivity index (χ3n) is 4.83. The lowest BCUT2D eigenvalue weighted by Gasteiger charge is -2.18. The Hall–Kier alpha value is -1.61. The van der Waals surface area contributed by atoms with E-state index in [-0.39, 0.29) is 44.9 Å². The number of carbonyl (C=O) groups excluding carboxylic acids is 2. The molecule has 184 valence electrons. The fourth-order valence-corrected chi connectivity index (χ4v) is 4.29. The molecule has 11 heteroatoms. The van der Waals surface area contributed by atoms with Gasteiger partial charge in [-0.2, -0.15) is 13.2 Å². The van der Waals surface area contributed by atoms with Gasteiger partial charge in [-0.25, -0.2) is 4.39 Å². The predicted octanol–water partition coefficient (Wildman–Crippen LogP) is 8.06. The fourth-order valence-electron chi connectivity index (χ4n) is 3.06. The number of rotatable bonds is 9. The second-order valence-electron chi connectivity index (χ2n) is 7.42. The summed E-state index contributed by atoms with van der Waals surface area (Å²) < 4.78 is 53.7. The van der Waals surface area contributed by atoms with Crippen LogP contribution in [0.15, 0.2) is 40.9 Å². The van der Waals surface area contributed by atoms with Crippen molar-refractivity contribution in [1.29, 1.82) is 0 Å². The van der Waals surface area contributed by atoms with Gasteiger partial charge in [-0.05, 0) is 35.4 Å². The van der Waals surface area contributed by atoms with E-state index in [0.29, 0.717) is 10.0 Å². The zero-order chi connectivity index (χ0) is 25.6. The van der Waals surface area contributed by atoms with Gasteiger partial charge in [-0.1, -0.05) is 75.9 Å². The highest BCUT2D eigenvalue weighted by molar-refractivity contribution is 9.10. The Morgan fingerprint density at radius 2 is 1.74 bits per heavy atom. The molecule has 0 bridgehead atoms. The Bertz CT molecular complexity index is 1070. The minimum absolute atomic E-state index is 0.0320. The number of hydrogen-bond acceptors (Lipinski definition) is 2. The first-order valence-electron chi connectivity index (χ1n) is 9.91. The maximum Gasteiger partial charge on any atom is 0.399 e. The molecule has 0 radical (unpaired) electrons. The molecule has 0 fully saturated rings. The van der Waals surface area contributed by atoms with Crippen LogP contribution in [0.1, 0.15) is 40.7 Å². The van der Waals surface area contributed by atoms with E-state index in [1.807, 2.05) is 0 Å². The molecule has 0 heterocycles. The van der Waals surface area contributed by atoms with Crippen LogP contribution in [0.5, 0.6) is 0 Å². The summed E-state index contributed by atoms with van der Waals surface area (Å²) in [5.41, 5.74) is 0.498. The Labute approximate surface area is 217 Å². The average Bonchev–Trinajstić information content (AvgIpc) is 2.74. The molecule has 0 spiro atoms. The van der Waals surface area contributed by atoms with E-state index in [4.69, 9.17) is 34.8 Å². The molecule has 1 unspecified atom stereocenters. The average molecular weight is 604 g/mol. The van der Waals surface area contributed by atoms with E-state index in [0.717, 1.165) is 18.2 Å². The van der Waals surface area contributed by atoms with Crippen LogP contribution in [0.3, 0.4) is 0 Å². The zero-order valence-electron chi connectivity index (χ0n) is 17.7. The van der Waals surface area contributed by atoms with Crippen LogP contribution in [0.25, 0.3) is 6.08 Å². The third kappa shape index (κ3) is 7.70. The molecule has 34 heavy (non-hydrogen) atoms. The Balaban J connectivity index is 2.23. The van der Waals surface area contributed by atoms with Gasteiger partial charge in [0.05, 0.1) is 21.0 Å². The summed E-state index contributed by atoms with van der Waals surface area (Å²) in [6.45, 7) is 0.707. The lowest BCUT2D eigenvalue weighted by atomic mass is 9.96. The quantitative estimate of drug-likeness (QED) is 0.179. The standard InChI is InChI=1S/C23H19BrCl3F4NO2/c1-12(22(34)32-7-6-28)8-20(33)15-4-2-13(9-17(15)24)3-5-16(23(29,30)31)14-10-18(25)21(27)19(26)11-14/h2-5,9-12,16H,6-8H2,1H3,(H,32,34)/b5-3+/t12-,16?/m0/s1. The number of Topliss-reactive ketones (excluding diaryl/α,β-unsaturated/α-hetero) is 1. The molecule has 0 aliphatic carbocycles. The van der Waals surface area contributed by atoms with Crippen molar-refractivity contribution in [2.45, 2.75) is 25.4 Å². The minimum atomic E-state index is -4.62. The number of carbonyl (C=O) groups is 2. The van der Waals surface area contributed by atoms with Gasteiger partial charge < -0.3 is 5.32 Å². The molecule has 0 aromatic heterocycles. The second-order valence-corrected chi connectivity index (χ2v) is 9.47. The van der Waals surface area contributed by atoms with Gasteiger partial charge in [0.1, 0.15) is 6.67 Å². The third-order valence-corrected chi connectivity index (χ3v) is 6.68. The van der Waals surface area contributed by atoms with Crippen LogP contribution in [-0.2, 0) is 4.79 Å². The molecule has 0 saturated heterocycles. The maximum atomic E-state index is 13.7. The largest absolute Gasteiger partial charge is 0.399 e. The molecule has 0 aliphatic heterocycles. The topological polar surface area (TPSA) is 46.2 Å². The normalized spacial score (nSPS) is 13.7. The van der Waals surface area contributed by atoms with Crippen molar-refractivity contribution in [3.8, 4) is 0 Å². The number of benzene rings is 2. The van der Waals surface area contributed by atoms with Crippen molar-refractivity contribution in [3.05, 3.63) is 72.6 Å². The van der Waals surface area contributed by atoms with Crippen LogP contribution >= 0.6 is 50.7 Å². The van der Waals surface area contributed by atoms with Gasteiger partial charge in [0, 0.05) is 28.9 Å². The van der Waals surface area contributed by atoms with E-state index < -0.39 is 30.6 Å². The van der Waals surface area contributed by atoms with E-state index in [2.05, 4.69) is 21.2 Å². The van der Waals surface area contributed by atoms with Crippen molar-refractivity contribution in [3.63, 3.8) is 0 Å². The first-order valence-corrected chi connectivity index (χ1v) is 11.8. The van der Waals surface area contributed by atoms with Crippen LogP contribution in [0.4, 0.5) is 17.6 Å². The van der Waals surface area contributed by atoms with Crippen molar-refractivity contribution in [2.24, 2.45) is 5.92 Å². The minimum Gasteiger partial charge on any atom is -0.353 e. The van der Waals surface area contributed by atoms with Crippen molar-refractivity contribution >= 4 is 68.5 Å². The Morgan fingerprint density at radius 3 is 2.26 bits per heavy atom. The molecule has 2 aromatic rings. The SMILES string of the molecule is C[C@@H](CC(=O)c1ccc(/C=C/C(c2cc(Cl)c(Cl)c(Cl)c2)C(F)(F)F)cc1Br)C(=O)NCCF. The van der Waals surface area contributed by atoms with Gasteiger partial charge in [0.25, 0.3) is 0 Å². The summed E-state index contributed by atoms with van der Waals surface area (Å²) in [7, 11) is 0. The lowest BCUT2D eigenvalue weighted by molar-refractivity contribution is -0.139. The van der Waals surface area contributed by atoms with Crippen molar-refractivity contribution < 1.29 is 27.2 Å². The van der Waals surface area contributed by atoms with Crippen LogP contribution < -0.4 is 5.32 Å². The highest BCUT2D eigenvalue weighted by Gasteiger charge is 2.39. The number of hydrogen-bond donors (Lipinski definition) is 1. The molecule has 2 atom stereocenters. The van der Waals surface area contributed by atoms with Gasteiger partial charge in [0.15, 0.2) is 5.78 Å². The predicted molar refractivity (Wildman–Crippen MR) is 131 cm³/mol. The monoisotopic (exact) mass is 601 g/mol. The molecule has 0 aliphatic rings. The highest BCUT2D eigenvalue weighted by Crippen LogP contribution is 2.41. The van der Waals surface area contributed by atoms with Crippen LogP contribution in [0, 0.1) is 5.92 Å². The Morgan fingerprint density at radius 1 is 1.12 bits per heavy atom. The van der Waals surface area contributed by atoms with Gasteiger partial charge >= 0.3 is 6.18 Å². The van der Waals surface area contributed by atoms with Crippen molar-refractivity contribution in [1.82, 2.24) is 5.32 Å². The Kier molecular flexibility index (Phi) is 10.4. The van der Waals surface area contributed by atoms with Gasteiger partial charge in [-0.3, -0.25) is 9.59 Å². The summed E-state index contributed by atoms with van der Waals surface area (Å²) in [6.07, 6.45) is -2.51. The van der Waals surface area contributed by atoms with Crippen LogP contribution in [0.2, 0.25) is 15.1 Å². The molecule has 2 aromatic carbocycles. The molecule has 3 nitrogen and oxygen atoms in total. The smallest absolute Gasteiger partial charge is 0.353 e. The molecular formula is C23H19BrCl3F4NO2. The number of amides is 1. The first kappa shape index (κ1) is 28.6. The molecular weight excluding hydrogens is 585 g/mol. The number of halogens is 8. The lowest BCUT2D eigenvalue weighted by Crippen LogP contribution is -2.32. The number of nitrogens with one attached hydrogen (secondary N) is 1. The zero-order valence-corrected chi connectivity index (χ0v) is 21.5. The van der Waals surface area contributed by atoms with E-state index in [1.165, 1.54) is 24.3 Å². The summed E-state index contributed by atoms with van der Waals surface area (Å²) in [6, 6.07) is 6.66. The van der Waals surface area contributed by atoms with Crippen LogP contribution in [-0.4, -0.2) is 31.1 Å². The van der Waals surface area contributed by atoms with E-state index >= 15 is 0 Å². The second kappa shape index (κ2) is 12.4. The molecule has 0 saturated carbocycles. The highest BCUT2D eigenvalue weighted by atomic mass is 79.9. The van der Waals surface area contributed by atoms with Crippen molar-refractivity contribution in [2.75, 3.05) is 13.2 Å². The summed E-state index contributed by atoms with van der Waals surface area (Å²) in [5.74, 6) is -3.45. The number of allylic oxidation sites excluding steroid dienone is 1. The summed E-state index contributed by atoms with van der Waals surface area (Å²) in [5, 5.41) is 2.16. The van der Waals surface area contributed by atoms with Gasteiger partial charge in [-0.15, -0.1) is 0 Å². The van der Waals surface area contributed by atoms with E-state index in [1.54, 1.807) is 6.92 Å². The van der Waals surface area contributed by atoms with E-state index in [9.17, 15) is 27.2 Å².